The minimum absolute atomic E-state index is 0.0488. The molecule has 0 spiro atoms. The van der Waals surface area contributed by atoms with Crippen molar-refractivity contribution < 1.29 is 9.59 Å². The van der Waals surface area contributed by atoms with Gasteiger partial charge in [-0.15, -0.1) is 0 Å². The number of benzene rings is 1. The standard InChI is InChI=1S/C14H12ClN3O2/c1-9(19)18(11-5-2-4-10(16)8-11)14(20)12-6-3-7-17-13(12)15/h2-8H,16H2,1H3. The lowest BCUT2D eigenvalue weighted by Gasteiger charge is -2.19. The van der Waals surface area contributed by atoms with Gasteiger partial charge in [0.15, 0.2) is 0 Å². The van der Waals surface area contributed by atoms with Gasteiger partial charge in [0.05, 0.1) is 11.3 Å². The van der Waals surface area contributed by atoms with Gasteiger partial charge in [0.2, 0.25) is 5.91 Å². The van der Waals surface area contributed by atoms with Crippen LogP contribution in [0.4, 0.5) is 11.4 Å². The predicted octanol–water partition coefficient (Wildman–Crippen LogP) is 2.51. The number of carbonyl (C=O) groups is 2. The largest absolute Gasteiger partial charge is 0.399 e. The van der Waals surface area contributed by atoms with E-state index in [-0.39, 0.29) is 10.7 Å². The van der Waals surface area contributed by atoms with Crippen LogP contribution in [0.25, 0.3) is 0 Å². The first-order valence-electron chi connectivity index (χ1n) is 5.82. The Bertz CT molecular complexity index is 673. The maximum atomic E-state index is 12.5. The van der Waals surface area contributed by atoms with Crippen molar-refractivity contribution in [2.24, 2.45) is 0 Å². The Morgan fingerprint density at radius 1 is 1.25 bits per heavy atom. The number of hydrogen-bond donors (Lipinski definition) is 1. The maximum absolute atomic E-state index is 12.5. The van der Waals surface area contributed by atoms with Crippen molar-refractivity contribution in [2.45, 2.75) is 6.92 Å². The fourth-order valence-electron chi connectivity index (χ4n) is 1.77. The highest BCUT2D eigenvalue weighted by atomic mass is 35.5. The van der Waals surface area contributed by atoms with E-state index < -0.39 is 11.8 Å². The van der Waals surface area contributed by atoms with Crippen LogP contribution >= 0.6 is 11.6 Å². The van der Waals surface area contributed by atoms with Crippen LogP contribution < -0.4 is 10.6 Å². The van der Waals surface area contributed by atoms with Gasteiger partial charge < -0.3 is 5.73 Å². The molecule has 2 amide bonds. The normalized spacial score (nSPS) is 10.1. The van der Waals surface area contributed by atoms with Crippen molar-refractivity contribution in [3.05, 3.63) is 53.3 Å². The Hall–Kier alpha value is -2.40. The molecule has 20 heavy (non-hydrogen) atoms. The van der Waals surface area contributed by atoms with Gasteiger partial charge in [-0.1, -0.05) is 17.7 Å². The minimum atomic E-state index is -0.541. The molecule has 0 aliphatic rings. The highest BCUT2D eigenvalue weighted by molar-refractivity contribution is 6.34. The number of carbonyl (C=O) groups excluding carboxylic acids is 2. The van der Waals surface area contributed by atoms with Gasteiger partial charge in [0.1, 0.15) is 5.15 Å². The van der Waals surface area contributed by atoms with Crippen LogP contribution in [0.2, 0.25) is 5.15 Å². The van der Waals surface area contributed by atoms with E-state index in [0.29, 0.717) is 11.4 Å². The van der Waals surface area contributed by atoms with E-state index in [1.54, 1.807) is 30.3 Å². The van der Waals surface area contributed by atoms with E-state index in [9.17, 15) is 9.59 Å². The third kappa shape index (κ3) is 2.78. The fourth-order valence-corrected chi connectivity index (χ4v) is 1.97. The lowest BCUT2D eigenvalue weighted by molar-refractivity contribution is -0.115. The highest BCUT2D eigenvalue weighted by Crippen LogP contribution is 2.22. The molecule has 0 unspecified atom stereocenters. The summed E-state index contributed by atoms with van der Waals surface area (Å²) in [4.78, 5) is 29.1. The monoisotopic (exact) mass is 289 g/mol. The number of rotatable bonds is 2. The summed E-state index contributed by atoms with van der Waals surface area (Å²) in [5.74, 6) is -0.971. The summed E-state index contributed by atoms with van der Waals surface area (Å²) in [6, 6.07) is 9.60. The van der Waals surface area contributed by atoms with Crippen LogP contribution in [0.5, 0.6) is 0 Å². The first-order chi connectivity index (χ1) is 9.50. The van der Waals surface area contributed by atoms with Crippen molar-refractivity contribution in [3.63, 3.8) is 0 Å². The predicted molar refractivity (Wildman–Crippen MR) is 77.6 cm³/mol. The molecule has 0 saturated heterocycles. The van der Waals surface area contributed by atoms with E-state index in [1.165, 1.54) is 19.2 Å². The van der Waals surface area contributed by atoms with E-state index in [4.69, 9.17) is 17.3 Å². The van der Waals surface area contributed by atoms with Gasteiger partial charge in [-0.05, 0) is 30.3 Å². The topological polar surface area (TPSA) is 76.3 Å². The van der Waals surface area contributed by atoms with Crippen molar-refractivity contribution >= 4 is 34.8 Å². The maximum Gasteiger partial charge on any atom is 0.268 e. The molecule has 2 rings (SSSR count). The molecule has 2 N–H and O–H groups in total. The summed E-state index contributed by atoms with van der Waals surface area (Å²) >= 11 is 5.89. The summed E-state index contributed by atoms with van der Waals surface area (Å²) < 4.78 is 0. The van der Waals surface area contributed by atoms with Gasteiger partial charge in [-0.2, -0.15) is 0 Å². The van der Waals surface area contributed by atoms with Crippen LogP contribution in [-0.4, -0.2) is 16.8 Å². The number of anilines is 2. The smallest absolute Gasteiger partial charge is 0.268 e. The van der Waals surface area contributed by atoms with Gasteiger partial charge >= 0.3 is 0 Å². The SMILES string of the molecule is CC(=O)N(C(=O)c1cccnc1Cl)c1cccc(N)c1. The Kier molecular flexibility index (Phi) is 4.00. The molecule has 5 nitrogen and oxygen atoms in total. The van der Waals surface area contributed by atoms with Crippen LogP contribution in [-0.2, 0) is 4.79 Å². The number of imide groups is 1. The summed E-state index contributed by atoms with van der Waals surface area (Å²) in [5, 5.41) is 0.0488. The molecule has 0 atom stereocenters. The molecule has 2 aromatic rings. The van der Waals surface area contributed by atoms with Crippen molar-refractivity contribution in [1.29, 1.82) is 0 Å². The molecular formula is C14H12ClN3O2. The summed E-state index contributed by atoms with van der Waals surface area (Å²) in [7, 11) is 0. The summed E-state index contributed by atoms with van der Waals surface area (Å²) in [6.07, 6.45) is 1.47. The van der Waals surface area contributed by atoms with Gasteiger partial charge in [0, 0.05) is 18.8 Å². The fraction of sp³-hybridized carbons (Fsp3) is 0.0714. The number of nitrogens with zero attached hydrogens (tertiary/aromatic N) is 2. The molecule has 0 radical (unpaired) electrons. The summed E-state index contributed by atoms with van der Waals surface area (Å²) in [6.45, 7) is 1.30. The second-order valence-electron chi connectivity index (χ2n) is 4.10. The average molecular weight is 290 g/mol. The first-order valence-corrected chi connectivity index (χ1v) is 6.19. The second kappa shape index (κ2) is 5.71. The second-order valence-corrected chi connectivity index (χ2v) is 4.45. The molecule has 1 heterocycles. The zero-order chi connectivity index (χ0) is 14.7. The van der Waals surface area contributed by atoms with E-state index in [1.807, 2.05) is 0 Å². The molecule has 102 valence electrons. The molecule has 0 saturated carbocycles. The molecule has 0 bridgehead atoms. The number of amides is 2. The molecule has 0 aliphatic carbocycles. The van der Waals surface area contributed by atoms with Crippen LogP contribution in [0.15, 0.2) is 42.6 Å². The molecule has 1 aromatic carbocycles. The van der Waals surface area contributed by atoms with E-state index in [0.717, 1.165) is 4.90 Å². The lowest BCUT2D eigenvalue weighted by Crippen LogP contribution is -2.35. The number of halogens is 1. The number of nitrogens with two attached hydrogens (primary N) is 1. The quantitative estimate of drug-likeness (QED) is 0.681. The van der Waals surface area contributed by atoms with Crippen LogP contribution in [0, 0.1) is 0 Å². The third-order valence-electron chi connectivity index (χ3n) is 2.64. The van der Waals surface area contributed by atoms with Crippen LogP contribution in [0.1, 0.15) is 17.3 Å². The Labute approximate surface area is 121 Å². The molecule has 0 aliphatic heterocycles. The first kappa shape index (κ1) is 14.0. The van der Waals surface area contributed by atoms with Crippen LogP contribution in [0.3, 0.4) is 0 Å². The van der Waals surface area contributed by atoms with Gasteiger partial charge in [-0.25, -0.2) is 9.88 Å². The van der Waals surface area contributed by atoms with E-state index in [2.05, 4.69) is 4.98 Å². The number of hydrogen-bond acceptors (Lipinski definition) is 4. The van der Waals surface area contributed by atoms with Gasteiger partial charge in [0.25, 0.3) is 5.91 Å². The van der Waals surface area contributed by atoms with Crippen molar-refractivity contribution in [2.75, 3.05) is 10.6 Å². The minimum Gasteiger partial charge on any atom is -0.399 e. The molecule has 1 aromatic heterocycles. The van der Waals surface area contributed by atoms with Crippen molar-refractivity contribution in [1.82, 2.24) is 4.98 Å². The third-order valence-corrected chi connectivity index (χ3v) is 2.94. The van der Waals surface area contributed by atoms with Gasteiger partial charge in [-0.3, -0.25) is 9.59 Å². The zero-order valence-electron chi connectivity index (χ0n) is 10.7. The molecular weight excluding hydrogens is 278 g/mol. The van der Waals surface area contributed by atoms with E-state index >= 15 is 0 Å². The zero-order valence-corrected chi connectivity index (χ0v) is 11.5. The Balaban J connectivity index is 2.47. The Morgan fingerprint density at radius 3 is 2.60 bits per heavy atom. The molecule has 0 fully saturated rings. The summed E-state index contributed by atoms with van der Waals surface area (Å²) in [5.41, 5.74) is 6.69. The van der Waals surface area contributed by atoms with Crippen molar-refractivity contribution in [3.8, 4) is 0 Å². The Morgan fingerprint density at radius 2 is 2.00 bits per heavy atom. The number of pyridine rings is 1. The number of nitrogen functional groups attached to an aromatic ring is 1. The molecule has 6 heteroatoms. The highest BCUT2D eigenvalue weighted by Gasteiger charge is 2.24. The lowest BCUT2D eigenvalue weighted by atomic mass is 10.2. The average Bonchev–Trinajstić information content (AvgIpc) is 2.39. The number of aromatic nitrogens is 1.